The number of carboxylic acid groups (broad SMARTS) is 1. The van der Waals surface area contributed by atoms with Crippen molar-refractivity contribution < 1.29 is 18.7 Å². The largest absolute Gasteiger partial charge is 0.481 e. The number of anilines is 2. The van der Waals surface area contributed by atoms with Gasteiger partial charge in [0.1, 0.15) is 17.5 Å². The molecule has 1 aromatic carbocycles. The Morgan fingerprint density at radius 1 is 1.29 bits per heavy atom. The Kier molecular flexibility index (Phi) is 7.10. The van der Waals surface area contributed by atoms with Crippen LogP contribution in [0.2, 0.25) is 5.02 Å². The lowest BCUT2D eigenvalue weighted by molar-refractivity contribution is -0.153. The van der Waals surface area contributed by atoms with Crippen molar-refractivity contribution in [2.75, 3.05) is 11.9 Å². The number of carbonyl (C=O) groups is 1. The lowest BCUT2D eigenvalue weighted by Crippen LogP contribution is -2.50. The molecule has 1 fully saturated rings. The van der Waals surface area contributed by atoms with E-state index >= 15 is 4.39 Å². The van der Waals surface area contributed by atoms with E-state index in [0.717, 1.165) is 5.69 Å². The standard InChI is InChI=1S/C25H28ClF2N5O2/c1-14-9-20(30-21-10-15(2)31-32-21)29-19(22(14)27)12-25(24(34)35)7-8-33(16(3)11-25)13-17-5-4-6-18(26)23(17)28/h4-6,9-10,16H,7-8,11-13H2,1-3H3,(H,34,35)(H2,29,30,31,32)/t16-,25-/m1/s1. The number of pyridine rings is 1. The van der Waals surface area contributed by atoms with E-state index in [-0.39, 0.29) is 36.0 Å². The van der Waals surface area contributed by atoms with Crippen LogP contribution in [0.1, 0.15) is 42.3 Å². The molecule has 4 rings (SSSR count). The maximum Gasteiger partial charge on any atom is 0.310 e. The van der Waals surface area contributed by atoms with E-state index in [0.29, 0.717) is 35.9 Å². The van der Waals surface area contributed by atoms with Crippen molar-refractivity contribution in [2.45, 2.75) is 52.6 Å². The topological polar surface area (TPSA) is 94.1 Å². The number of hydrogen-bond acceptors (Lipinski definition) is 5. The van der Waals surface area contributed by atoms with Crippen molar-refractivity contribution in [1.29, 1.82) is 0 Å². The molecule has 186 valence electrons. The van der Waals surface area contributed by atoms with E-state index in [2.05, 4.69) is 20.5 Å². The van der Waals surface area contributed by atoms with Gasteiger partial charge in [0.25, 0.3) is 0 Å². The highest BCUT2D eigenvalue weighted by Gasteiger charge is 2.45. The molecule has 10 heteroatoms. The Hall–Kier alpha value is -3.04. The number of aryl methyl sites for hydroxylation is 2. The molecular formula is C25H28ClF2N5O2. The van der Waals surface area contributed by atoms with E-state index in [1.165, 1.54) is 6.07 Å². The molecule has 0 spiro atoms. The van der Waals surface area contributed by atoms with Gasteiger partial charge in [-0.25, -0.2) is 13.8 Å². The van der Waals surface area contributed by atoms with Crippen molar-refractivity contribution in [3.05, 3.63) is 69.5 Å². The minimum absolute atomic E-state index is 0.0478. The van der Waals surface area contributed by atoms with Gasteiger partial charge in [-0.3, -0.25) is 14.8 Å². The first-order valence-electron chi connectivity index (χ1n) is 11.4. The number of rotatable bonds is 7. The smallest absolute Gasteiger partial charge is 0.310 e. The number of hydrogen-bond donors (Lipinski definition) is 3. The molecule has 3 aromatic rings. The van der Waals surface area contributed by atoms with Gasteiger partial charge in [0.05, 0.1) is 16.1 Å². The van der Waals surface area contributed by atoms with Crippen molar-refractivity contribution >= 4 is 29.2 Å². The van der Waals surface area contributed by atoms with Crippen molar-refractivity contribution in [1.82, 2.24) is 20.1 Å². The maximum atomic E-state index is 15.1. The fraction of sp³-hybridized carbons (Fsp3) is 0.400. The Morgan fingerprint density at radius 2 is 2.06 bits per heavy atom. The number of aliphatic carboxylic acids is 1. The quantitative estimate of drug-likeness (QED) is 0.400. The van der Waals surface area contributed by atoms with Crippen LogP contribution in [0, 0.1) is 30.9 Å². The van der Waals surface area contributed by atoms with E-state index in [9.17, 15) is 14.3 Å². The first-order valence-corrected chi connectivity index (χ1v) is 11.8. The van der Waals surface area contributed by atoms with Gasteiger partial charge >= 0.3 is 5.97 Å². The highest BCUT2D eigenvalue weighted by Crippen LogP contribution is 2.40. The predicted molar refractivity (Wildman–Crippen MR) is 130 cm³/mol. The molecule has 3 heterocycles. The monoisotopic (exact) mass is 503 g/mol. The summed E-state index contributed by atoms with van der Waals surface area (Å²) in [6.07, 6.45) is 0.514. The van der Waals surface area contributed by atoms with Crippen LogP contribution in [0.15, 0.2) is 30.3 Å². The number of likely N-dealkylation sites (tertiary alicyclic amines) is 1. The summed E-state index contributed by atoms with van der Waals surface area (Å²) in [7, 11) is 0. The number of benzene rings is 1. The number of H-pyrrole nitrogens is 1. The second-order valence-corrected chi connectivity index (χ2v) is 9.80. The van der Waals surface area contributed by atoms with Crippen LogP contribution in [-0.4, -0.2) is 43.7 Å². The number of aromatic amines is 1. The molecule has 0 bridgehead atoms. The first kappa shape index (κ1) is 25.1. The number of carboxylic acids is 1. The van der Waals surface area contributed by atoms with Crippen LogP contribution >= 0.6 is 11.6 Å². The summed E-state index contributed by atoms with van der Waals surface area (Å²) in [5, 5.41) is 20.2. The molecule has 2 atom stereocenters. The third-order valence-electron chi connectivity index (χ3n) is 6.72. The van der Waals surface area contributed by atoms with Crippen LogP contribution in [0.4, 0.5) is 20.4 Å². The van der Waals surface area contributed by atoms with Crippen LogP contribution in [-0.2, 0) is 17.8 Å². The van der Waals surface area contributed by atoms with Crippen molar-refractivity contribution in [2.24, 2.45) is 5.41 Å². The van der Waals surface area contributed by atoms with Gasteiger partial charge in [-0.05, 0) is 57.9 Å². The molecule has 1 aliphatic heterocycles. The molecule has 0 saturated carbocycles. The Morgan fingerprint density at radius 3 is 2.71 bits per heavy atom. The van der Waals surface area contributed by atoms with Crippen molar-refractivity contribution in [3.8, 4) is 0 Å². The molecule has 1 aliphatic rings. The Labute approximate surface area is 207 Å². The first-order chi connectivity index (χ1) is 16.6. The summed E-state index contributed by atoms with van der Waals surface area (Å²) < 4.78 is 29.5. The van der Waals surface area contributed by atoms with Gasteiger partial charge in [0.2, 0.25) is 0 Å². The molecule has 3 N–H and O–H groups in total. The molecule has 0 unspecified atom stereocenters. The molecular weight excluding hydrogens is 476 g/mol. The SMILES string of the molecule is Cc1cc(Nc2cc(C)c(F)c(C[C@@]3(C(=O)O)CCN(Cc4cccc(Cl)c4F)[C@H](C)C3)n2)n[nH]1. The summed E-state index contributed by atoms with van der Waals surface area (Å²) in [6.45, 7) is 6.13. The summed E-state index contributed by atoms with van der Waals surface area (Å²) in [5.41, 5.74) is 0.596. The van der Waals surface area contributed by atoms with E-state index in [1.54, 1.807) is 31.2 Å². The Bertz CT molecular complexity index is 1250. The van der Waals surface area contributed by atoms with Gasteiger partial charge in [-0.1, -0.05) is 23.7 Å². The predicted octanol–water partition coefficient (Wildman–Crippen LogP) is 5.39. The third kappa shape index (κ3) is 5.31. The van der Waals surface area contributed by atoms with Crippen LogP contribution in [0.3, 0.4) is 0 Å². The molecule has 7 nitrogen and oxygen atoms in total. The van der Waals surface area contributed by atoms with Gasteiger partial charge in [0.15, 0.2) is 5.82 Å². The fourth-order valence-electron chi connectivity index (χ4n) is 4.77. The summed E-state index contributed by atoms with van der Waals surface area (Å²) in [5.74, 6) is -1.03. The Balaban J connectivity index is 1.55. The average Bonchev–Trinajstić information content (AvgIpc) is 3.21. The minimum atomic E-state index is -1.19. The number of piperidine rings is 1. The highest BCUT2D eigenvalue weighted by molar-refractivity contribution is 6.30. The fourth-order valence-corrected chi connectivity index (χ4v) is 4.96. The molecule has 2 aromatic heterocycles. The lowest BCUT2D eigenvalue weighted by atomic mass is 9.72. The van der Waals surface area contributed by atoms with Crippen LogP contribution < -0.4 is 5.32 Å². The molecule has 0 aliphatic carbocycles. The zero-order valence-corrected chi connectivity index (χ0v) is 20.6. The number of nitrogens with one attached hydrogen (secondary N) is 2. The molecule has 1 saturated heterocycles. The number of aromatic nitrogens is 3. The van der Waals surface area contributed by atoms with E-state index in [1.807, 2.05) is 18.7 Å². The zero-order chi connectivity index (χ0) is 25.3. The molecule has 0 radical (unpaired) electrons. The number of halogens is 3. The normalized spacial score (nSPS) is 20.7. The maximum absolute atomic E-state index is 15.1. The van der Waals surface area contributed by atoms with Crippen LogP contribution in [0.5, 0.6) is 0 Å². The van der Waals surface area contributed by atoms with Gasteiger partial charge in [-0.15, -0.1) is 0 Å². The van der Waals surface area contributed by atoms with Crippen LogP contribution in [0.25, 0.3) is 0 Å². The summed E-state index contributed by atoms with van der Waals surface area (Å²) in [4.78, 5) is 18.9. The van der Waals surface area contributed by atoms with E-state index < -0.39 is 23.0 Å². The lowest BCUT2D eigenvalue weighted by Gasteiger charge is -2.43. The minimum Gasteiger partial charge on any atom is -0.481 e. The zero-order valence-electron chi connectivity index (χ0n) is 19.8. The average molecular weight is 504 g/mol. The molecule has 0 amide bonds. The summed E-state index contributed by atoms with van der Waals surface area (Å²) >= 11 is 5.91. The second-order valence-electron chi connectivity index (χ2n) is 9.40. The highest BCUT2D eigenvalue weighted by atomic mass is 35.5. The van der Waals surface area contributed by atoms with Gasteiger partial charge in [-0.2, -0.15) is 5.10 Å². The molecule has 35 heavy (non-hydrogen) atoms. The van der Waals surface area contributed by atoms with E-state index in [4.69, 9.17) is 11.6 Å². The third-order valence-corrected chi connectivity index (χ3v) is 7.01. The number of nitrogens with zero attached hydrogens (tertiary/aromatic N) is 3. The second kappa shape index (κ2) is 9.91. The van der Waals surface area contributed by atoms with Gasteiger partial charge in [0, 0.05) is 36.3 Å². The summed E-state index contributed by atoms with van der Waals surface area (Å²) in [6, 6.07) is 8.05. The van der Waals surface area contributed by atoms with Gasteiger partial charge < -0.3 is 10.4 Å². The van der Waals surface area contributed by atoms with Crippen molar-refractivity contribution in [3.63, 3.8) is 0 Å².